The first kappa shape index (κ1) is 15.0. The third kappa shape index (κ3) is 3.39. The van der Waals surface area contributed by atoms with Gasteiger partial charge in [-0.3, -0.25) is 4.90 Å². The lowest BCUT2D eigenvalue weighted by Gasteiger charge is -2.27. The van der Waals surface area contributed by atoms with Crippen molar-refractivity contribution >= 4 is 11.3 Å². The predicted octanol–water partition coefficient (Wildman–Crippen LogP) is 3.78. The van der Waals surface area contributed by atoms with Crippen molar-refractivity contribution < 1.29 is 0 Å². The molecule has 1 aliphatic heterocycles. The van der Waals surface area contributed by atoms with Gasteiger partial charge in [-0.25, -0.2) is 0 Å². The SMILES string of the molecule is CC1(C)CCN(C(CN)c2ccc(C(C)(C)C)s2)C1. The van der Waals surface area contributed by atoms with Crippen LogP contribution in [-0.4, -0.2) is 24.5 Å². The first-order valence-corrected chi connectivity index (χ1v) is 8.09. The molecule has 2 N–H and O–H groups in total. The molecule has 3 heteroatoms. The van der Waals surface area contributed by atoms with Crippen molar-refractivity contribution in [3.63, 3.8) is 0 Å². The van der Waals surface area contributed by atoms with Gasteiger partial charge in [-0.2, -0.15) is 0 Å². The summed E-state index contributed by atoms with van der Waals surface area (Å²) in [6, 6.07) is 4.97. The summed E-state index contributed by atoms with van der Waals surface area (Å²) in [7, 11) is 0. The highest BCUT2D eigenvalue weighted by Crippen LogP contribution is 2.38. The van der Waals surface area contributed by atoms with E-state index in [9.17, 15) is 0 Å². The number of likely N-dealkylation sites (tertiary alicyclic amines) is 1. The second kappa shape index (κ2) is 5.19. The van der Waals surface area contributed by atoms with Crippen molar-refractivity contribution in [2.75, 3.05) is 19.6 Å². The Morgan fingerprint density at radius 2 is 2.05 bits per heavy atom. The van der Waals surface area contributed by atoms with Gasteiger partial charge in [0.15, 0.2) is 0 Å². The maximum absolute atomic E-state index is 6.06. The molecule has 0 saturated carbocycles. The van der Waals surface area contributed by atoms with Crippen molar-refractivity contribution in [2.24, 2.45) is 11.1 Å². The van der Waals surface area contributed by atoms with Crippen LogP contribution in [0.1, 0.15) is 56.8 Å². The normalized spacial score (nSPS) is 21.8. The molecule has 1 saturated heterocycles. The van der Waals surface area contributed by atoms with E-state index in [2.05, 4.69) is 51.7 Å². The van der Waals surface area contributed by atoms with E-state index >= 15 is 0 Å². The third-order valence-corrected chi connectivity index (χ3v) is 5.68. The zero-order chi connectivity index (χ0) is 14.3. The number of hydrogen-bond donors (Lipinski definition) is 1. The Bertz CT molecular complexity index is 428. The monoisotopic (exact) mass is 280 g/mol. The number of hydrogen-bond acceptors (Lipinski definition) is 3. The maximum Gasteiger partial charge on any atom is 0.0564 e. The molecule has 0 amide bonds. The Kier molecular flexibility index (Phi) is 4.10. The molecule has 1 atom stereocenters. The highest BCUT2D eigenvalue weighted by Gasteiger charge is 2.34. The Balaban J connectivity index is 2.17. The second-order valence-electron chi connectivity index (χ2n) is 7.59. The Morgan fingerprint density at radius 3 is 2.47 bits per heavy atom. The highest BCUT2D eigenvalue weighted by atomic mass is 32.1. The van der Waals surface area contributed by atoms with Crippen molar-refractivity contribution in [1.29, 1.82) is 0 Å². The van der Waals surface area contributed by atoms with Gasteiger partial charge >= 0.3 is 0 Å². The summed E-state index contributed by atoms with van der Waals surface area (Å²) in [6.45, 7) is 14.6. The van der Waals surface area contributed by atoms with Gasteiger partial charge in [-0.1, -0.05) is 34.6 Å². The van der Waals surface area contributed by atoms with Crippen LogP contribution in [0.4, 0.5) is 0 Å². The van der Waals surface area contributed by atoms with Crippen molar-refractivity contribution in [1.82, 2.24) is 4.90 Å². The number of nitrogens with zero attached hydrogens (tertiary/aromatic N) is 1. The van der Waals surface area contributed by atoms with Gasteiger partial charge in [0.05, 0.1) is 6.04 Å². The van der Waals surface area contributed by atoms with Crippen LogP contribution in [0, 0.1) is 5.41 Å². The summed E-state index contributed by atoms with van der Waals surface area (Å²) in [5.74, 6) is 0. The lowest BCUT2D eigenvalue weighted by molar-refractivity contribution is 0.226. The van der Waals surface area contributed by atoms with E-state index in [1.54, 1.807) is 0 Å². The smallest absolute Gasteiger partial charge is 0.0564 e. The van der Waals surface area contributed by atoms with E-state index in [1.165, 1.54) is 22.7 Å². The fourth-order valence-electron chi connectivity index (χ4n) is 2.80. The predicted molar refractivity (Wildman–Crippen MR) is 84.8 cm³/mol. The molecule has 1 fully saturated rings. The summed E-state index contributed by atoms with van der Waals surface area (Å²) in [5, 5.41) is 0. The van der Waals surface area contributed by atoms with Crippen LogP contribution in [-0.2, 0) is 5.41 Å². The molecule has 2 nitrogen and oxygen atoms in total. The van der Waals surface area contributed by atoms with Gasteiger partial charge in [-0.15, -0.1) is 11.3 Å². The molecule has 0 bridgehead atoms. The zero-order valence-corrected chi connectivity index (χ0v) is 13.8. The highest BCUT2D eigenvalue weighted by molar-refractivity contribution is 7.12. The topological polar surface area (TPSA) is 29.3 Å². The van der Waals surface area contributed by atoms with Crippen LogP contribution in [0.25, 0.3) is 0 Å². The molecule has 0 aromatic carbocycles. The summed E-state index contributed by atoms with van der Waals surface area (Å²) in [6.07, 6.45) is 1.28. The van der Waals surface area contributed by atoms with E-state index in [0.29, 0.717) is 11.5 Å². The third-order valence-electron chi connectivity index (χ3n) is 4.07. The van der Waals surface area contributed by atoms with Crippen molar-refractivity contribution in [3.8, 4) is 0 Å². The minimum Gasteiger partial charge on any atom is -0.329 e. The standard InChI is InChI=1S/C16H28N2S/c1-15(2,3)14-7-6-13(19-14)12(10-17)18-9-8-16(4,5)11-18/h6-7,12H,8-11,17H2,1-5H3. The minimum atomic E-state index is 0.242. The van der Waals surface area contributed by atoms with E-state index in [1.807, 2.05) is 11.3 Å². The number of rotatable bonds is 3. The summed E-state index contributed by atoms with van der Waals surface area (Å²) >= 11 is 1.94. The molecule has 0 radical (unpaired) electrons. The van der Waals surface area contributed by atoms with Crippen LogP contribution < -0.4 is 5.73 Å². The molecular weight excluding hydrogens is 252 g/mol. The van der Waals surface area contributed by atoms with E-state index in [4.69, 9.17) is 5.73 Å². The molecule has 1 aromatic rings. The first-order valence-electron chi connectivity index (χ1n) is 7.27. The van der Waals surface area contributed by atoms with Crippen LogP contribution in [0.15, 0.2) is 12.1 Å². The number of nitrogens with two attached hydrogens (primary N) is 1. The molecule has 2 rings (SSSR count). The Labute approximate surface area is 122 Å². The molecule has 0 spiro atoms. The molecule has 1 aliphatic rings. The van der Waals surface area contributed by atoms with Crippen LogP contribution in [0.3, 0.4) is 0 Å². The first-order chi connectivity index (χ1) is 8.73. The largest absolute Gasteiger partial charge is 0.329 e. The number of thiophene rings is 1. The van der Waals surface area contributed by atoms with Gasteiger partial charge in [0.2, 0.25) is 0 Å². The summed E-state index contributed by atoms with van der Waals surface area (Å²) in [5.41, 5.74) is 6.74. The van der Waals surface area contributed by atoms with Gasteiger partial charge in [0.1, 0.15) is 0 Å². The fraction of sp³-hybridized carbons (Fsp3) is 0.750. The van der Waals surface area contributed by atoms with Crippen LogP contribution in [0.2, 0.25) is 0 Å². The summed E-state index contributed by atoms with van der Waals surface area (Å²) in [4.78, 5) is 5.46. The Morgan fingerprint density at radius 1 is 1.37 bits per heavy atom. The van der Waals surface area contributed by atoms with E-state index < -0.39 is 0 Å². The molecule has 1 aromatic heterocycles. The molecule has 0 aliphatic carbocycles. The average Bonchev–Trinajstić information content (AvgIpc) is 2.86. The average molecular weight is 280 g/mol. The van der Waals surface area contributed by atoms with Crippen molar-refractivity contribution in [2.45, 2.75) is 52.5 Å². The lowest BCUT2D eigenvalue weighted by atomic mass is 9.93. The molecule has 19 heavy (non-hydrogen) atoms. The molecule has 1 unspecified atom stereocenters. The van der Waals surface area contributed by atoms with Gasteiger partial charge in [-0.05, 0) is 35.9 Å². The summed E-state index contributed by atoms with van der Waals surface area (Å²) < 4.78 is 0. The minimum absolute atomic E-state index is 0.242. The molecular formula is C16H28N2S. The zero-order valence-electron chi connectivity index (χ0n) is 13.0. The Hall–Kier alpha value is -0.380. The van der Waals surface area contributed by atoms with Crippen LogP contribution in [0.5, 0.6) is 0 Å². The van der Waals surface area contributed by atoms with Gasteiger partial charge in [0.25, 0.3) is 0 Å². The lowest BCUT2D eigenvalue weighted by Crippen LogP contribution is -2.32. The van der Waals surface area contributed by atoms with Crippen LogP contribution >= 0.6 is 11.3 Å². The van der Waals surface area contributed by atoms with Gasteiger partial charge in [0, 0.05) is 22.8 Å². The quantitative estimate of drug-likeness (QED) is 0.913. The molecule has 2 heterocycles. The maximum atomic E-state index is 6.06. The van der Waals surface area contributed by atoms with E-state index in [-0.39, 0.29) is 5.41 Å². The van der Waals surface area contributed by atoms with E-state index in [0.717, 1.165) is 13.1 Å². The van der Waals surface area contributed by atoms with Gasteiger partial charge < -0.3 is 5.73 Å². The molecule has 108 valence electrons. The fourth-order valence-corrected chi connectivity index (χ4v) is 4.01. The second-order valence-corrected chi connectivity index (χ2v) is 8.70. The van der Waals surface area contributed by atoms with Crippen molar-refractivity contribution in [3.05, 3.63) is 21.9 Å².